The molecule has 1 unspecified atom stereocenters. The highest BCUT2D eigenvalue weighted by atomic mass is 16.4. The molecular weight excluding hydrogens is 464 g/mol. The summed E-state index contributed by atoms with van der Waals surface area (Å²) in [6.07, 6.45) is 2.01. The number of hydrogen-bond acceptors (Lipinski definition) is 4. The third-order valence-electron chi connectivity index (χ3n) is 6.37. The number of carbonyl (C=O) groups is 3. The molecule has 0 spiro atoms. The highest BCUT2D eigenvalue weighted by Gasteiger charge is 2.21. The molecule has 0 aliphatic carbocycles. The summed E-state index contributed by atoms with van der Waals surface area (Å²) in [5.41, 5.74) is 7.06. The molecule has 0 saturated carbocycles. The Kier molecular flexibility index (Phi) is 7.89. The monoisotopic (exact) mass is 492 g/mol. The van der Waals surface area contributed by atoms with Crippen molar-refractivity contribution in [3.8, 4) is 11.1 Å². The Hall–Kier alpha value is -4.58. The predicted molar refractivity (Wildman–Crippen MR) is 143 cm³/mol. The first kappa shape index (κ1) is 25.5. The van der Waals surface area contributed by atoms with E-state index in [4.69, 9.17) is 5.11 Å². The van der Waals surface area contributed by atoms with Crippen LogP contribution in [0.1, 0.15) is 55.4 Å². The molecule has 1 atom stereocenters. The first-order valence-corrected chi connectivity index (χ1v) is 12.0. The van der Waals surface area contributed by atoms with Crippen molar-refractivity contribution in [2.24, 2.45) is 0 Å². The Balaban J connectivity index is 1.58. The van der Waals surface area contributed by atoms with Crippen molar-refractivity contribution in [1.29, 1.82) is 0 Å². The Labute approximate surface area is 216 Å². The Morgan fingerprint density at radius 1 is 0.838 bits per heavy atom. The van der Waals surface area contributed by atoms with Gasteiger partial charge in [0.1, 0.15) is 6.54 Å². The fraction of sp³-hybridized carbons (Fsp3) is 0.161. The lowest BCUT2D eigenvalue weighted by atomic mass is 9.83. The molecule has 6 heteroatoms. The Morgan fingerprint density at radius 2 is 1.49 bits per heavy atom. The SMILES string of the molecule is Cc1cc(C(=O)CC(c2ccc(-c3ccc(C(=O)NCC(=O)O)cc3)cc2)c2ccccc2C)ccn1. The quantitative estimate of drug-likeness (QED) is 0.297. The molecule has 0 fully saturated rings. The van der Waals surface area contributed by atoms with E-state index in [1.165, 1.54) is 0 Å². The van der Waals surface area contributed by atoms with Crippen molar-refractivity contribution < 1.29 is 19.5 Å². The van der Waals surface area contributed by atoms with Crippen molar-refractivity contribution in [3.63, 3.8) is 0 Å². The van der Waals surface area contributed by atoms with Gasteiger partial charge < -0.3 is 10.4 Å². The summed E-state index contributed by atoms with van der Waals surface area (Å²) in [5.74, 6) is -1.55. The zero-order valence-corrected chi connectivity index (χ0v) is 20.8. The summed E-state index contributed by atoms with van der Waals surface area (Å²) in [4.78, 5) is 40.2. The minimum absolute atomic E-state index is 0.0691. The van der Waals surface area contributed by atoms with E-state index >= 15 is 0 Å². The normalized spacial score (nSPS) is 11.5. The maximum atomic E-state index is 13.2. The second-order valence-corrected chi connectivity index (χ2v) is 9.00. The summed E-state index contributed by atoms with van der Waals surface area (Å²) in [6, 6.07) is 26.9. The molecule has 186 valence electrons. The zero-order valence-electron chi connectivity index (χ0n) is 20.8. The minimum atomic E-state index is -1.09. The highest BCUT2D eigenvalue weighted by Crippen LogP contribution is 2.33. The summed E-state index contributed by atoms with van der Waals surface area (Å²) in [6.45, 7) is 3.52. The molecule has 0 radical (unpaired) electrons. The average Bonchev–Trinajstić information content (AvgIpc) is 2.91. The van der Waals surface area contributed by atoms with E-state index in [0.29, 0.717) is 17.5 Å². The van der Waals surface area contributed by atoms with Gasteiger partial charge in [-0.2, -0.15) is 0 Å². The topological polar surface area (TPSA) is 96.4 Å². The molecule has 0 aliphatic rings. The second kappa shape index (κ2) is 11.4. The number of aryl methyl sites for hydroxylation is 2. The number of carboxylic acid groups (broad SMARTS) is 1. The molecule has 1 heterocycles. The number of Topliss-reactive ketones (excluding diaryl/α,β-unsaturated/α-hetero) is 1. The third-order valence-corrected chi connectivity index (χ3v) is 6.37. The number of amides is 1. The molecule has 1 amide bonds. The lowest BCUT2D eigenvalue weighted by Crippen LogP contribution is -2.29. The van der Waals surface area contributed by atoms with Crippen LogP contribution >= 0.6 is 0 Å². The third kappa shape index (κ3) is 6.35. The van der Waals surface area contributed by atoms with Crippen LogP contribution < -0.4 is 5.32 Å². The van der Waals surface area contributed by atoms with Crippen LogP contribution in [-0.2, 0) is 4.79 Å². The standard InChI is InChI=1S/C31H28N2O4/c1-20-5-3-4-6-27(20)28(18-29(34)26-15-16-32-21(2)17-26)24-11-7-22(8-12-24)23-9-13-25(14-10-23)31(37)33-19-30(35)36/h3-17,28H,18-19H2,1-2H3,(H,33,37)(H,35,36). The number of pyridine rings is 1. The molecule has 4 aromatic rings. The first-order valence-electron chi connectivity index (χ1n) is 12.0. The van der Waals surface area contributed by atoms with Crippen LogP contribution in [0, 0.1) is 13.8 Å². The van der Waals surface area contributed by atoms with E-state index in [1.807, 2.05) is 61.5 Å². The molecule has 0 aliphatic heterocycles. The smallest absolute Gasteiger partial charge is 0.322 e. The van der Waals surface area contributed by atoms with Crippen molar-refractivity contribution in [3.05, 3.63) is 125 Å². The molecule has 6 nitrogen and oxygen atoms in total. The molecule has 37 heavy (non-hydrogen) atoms. The maximum absolute atomic E-state index is 13.2. The molecular formula is C31H28N2O4. The number of aliphatic carboxylic acids is 1. The van der Waals surface area contributed by atoms with E-state index in [1.54, 1.807) is 24.4 Å². The van der Waals surface area contributed by atoms with E-state index in [2.05, 4.69) is 29.4 Å². The summed E-state index contributed by atoms with van der Waals surface area (Å²) in [5, 5.41) is 11.1. The van der Waals surface area contributed by atoms with E-state index in [0.717, 1.165) is 33.5 Å². The Bertz CT molecular complexity index is 1430. The summed E-state index contributed by atoms with van der Waals surface area (Å²) < 4.78 is 0. The average molecular weight is 493 g/mol. The van der Waals surface area contributed by atoms with Crippen LogP contribution in [0.3, 0.4) is 0 Å². The highest BCUT2D eigenvalue weighted by molar-refractivity contribution is 5.97. The van der Waals surface area contributed by atoms with Gasteiger partial charge in [0, 0.05) is 35.4 Å². The van der Waals surface area contributed by atoms with Crippen LogP contribution in [0.4, 0.5) is 0 Å². The number of nitrogens with one attached hydrogen (secondary N) is 1. The van der Waals surface area contributed by atoms with Crippen LogP contribution in [-0.4, -0.2) is 34.3 Å². The van der Waals surface area contributed by atoms with Gasteiger partial charge in [0.15, 0.2) is 5.78 Å². The van der Waals surface area contributed by atoms with Crippen molar-refractivity contribution >= 4 is 17.7 Å². The molecule has 0 saturated heterocycles. The predicted octanol–water partition coefficient (Wildman–Crippen LogP) is 5.58. The van der Waals surface area contributed by atoms with Gasteiger partial charge >= 0.3 is 5.97 Å². The number of carboxylic acids is 1. The van der Waals surface area contributed by atoms with Crippen molar-refractivity contribution in [2.75, 3.05) is 6.54 Å². The Morgan fingerprint density at radius 3 is 2.11 bits per heavy atom. The minimum Gasteiger partial charge on any atom is -0.480 e. The van der Waals surface area contributed by atoms with Gasteiger partial charge in [-0.15, -0.1) is 0 Å². The van der Waals surface area contributed by atoms with Gasteiger partial charge in [-0.05, 0) is 65.9 Å². The van der Waals surface area contributed by atoms with Gasteiger partial charge in [-0.1, -0.05) is 60.7 Å². The number of nitrogens with zero attached hydrogens (tertiary/aromatic N) is 1. The number of benzene rings is 3. The van der Waals surface area contributed by atoms with Gasteiger partial charge in [0.2, 0.25) is 0 Å². The maximum Gasteiger partial charge on any atom is 0.322 e. The van der Waals surface area contributed by atoms with Crippen LogP contribution in [0.5, 0.6) is 0 Å². The molecule has 4 rings (SSSR count). The number of ketones is 1. The number of carbonyl (C=O) groups excluding carboxylic acids is 2. The second-order valence-electron chi connectivity index (χ2n) is 9.00. The van der Waals surface area contributed by atoms with Gasteiger partial charge in [-0.3, -0.25) is 19.4 Å². The van der Waals surface area contributed by atoms with Crippen LogP contribution in [0.15, 0.2) is 91.1 Å². The van der Waals surface area contributed by atoms with E-state index in [-0.39, 0.29) is 11.7 Å². The fourth-order valence-corrected chi connectivity index (χ4v) is 4.39. The van der Waals surface area contributed by atoms with Crippen LogP contribution in [0.25, 0.3) is 11.1 Å². The number of aromatic nitrogens is 1. The lowest BCUT2D eigenvalue weighted by Gasteiger charge is -2.20. The molecule has 3 aromatic carbocycles. The lowest BCUT2D eigenvalue weighted by molar-refractivity contribution is -0.135. The van der Waals surface area contributed by atoms with Crippen LogP contribution in [0.2, 0.25) is 0 Å². The van der Waals surface area contributed by atoms with Crippen molar-refractivity contribution in [2.45, 2.75) is 26.2 Å². The fourth-order valence-electron chi connectivity index (χ4n) is 4.39. The van der Waals surface area contributed by atoms with Crippen molar-refractivity contribution in [1.82, 2.24) is 10.3 Å². The molecule has 0 bridgehead atoms. The zero-order chi connectivity index (χ0) is 26.4. The first-order chi connectivity index (χ1) is 17.8. The van der Waals surface area contributed by atoms with E-state index in [9.17, 15) is 14.4 Å². The number of hydrogen-bond donors (Lipinski definition) is 2. The molecule has 2 N–H and O–H groups in total. The summed E-state index contributed by atoms with van der Waals surface area (Å²) in [7, 11) is 0. The van der Waals surface area contributed by atoms with Gasteiger partial charge in [0.25, 0.3) is 5.91 Å². The van der Waals surface area contributed by atoms with E-state index < -0.39 is 18.4 Å². The number of rotatable bonds is 9. The molecule has 1 aromatic heterocycles. The largest absolute Gasteiger partial charge is 0.480 e. The van der Waals surface area contributed by atoms with Gasteiger partial charge in [-0.25, -0.2) is 0 Å². The van der Waals surface area contributed by atoms with Gasteiger partial charge in [0.05, 0.1) is 0 Å². The summed E-state index contributed by atoms with van der Waals surface area (Å²) >= 11 is 0.